The van der Waals surface area contributed by atoms with Gasteiger partial charge in [-0.2, -0.15) is 11.1 Å². The predicted octanol–water partition coefficient (Wildman–Crippen LogP) is 6.03. The summed E-state index contributed by atoms with van der Waals surface area (Å²) in [4.78, 5) is 0. The third-order valence-corrected chi connectivity index (χ3v) is 6.50. The van der Waals surface area contributed by atoms with Crippen molar-refractivity contribution in [2.75, 3.05) is 0 Å². The minimum absolute atomic E-state index is 0.229. The van der Waals surface area contributed by atoms with Crippen molar-refractivity contribution in [3.63, 3.8) is 0 Å². The van der Waals surface area contributed by atoms with E-state index in [0.29, 0.717) is 0 Å². The predicted molar refractivity (Wildman–Crippen MR) is 90.4 cm³/mol. The molecule has 1 N–H and O–H groups in total. The average molecular weight is 307 g/mol. The molecule has 0 amide bonds. The lowest BCUT2D eigenvalue weighted by Crippen LogP contribution is -2.35. The summed E-state index contributed by atoms with van der Waals surface area (Å²) in [5, 5.41) is 9.86. The SMILES string of the molecule is CCCCCCCCCCCCCC(O)[Si](C)(C)Cl. The molecule has 0 aromatic rings. The van der Waals surface area contributed by atoms with Gasteiger partial charge in [0.25, 0.3) is 0 Å². The Morgan fingerprint density at radius 3 is 1.53 bits per heavy atom. The maximum Gasteiger partial charge on any atom is 0.179 e. The topological polar surface area (TPSA) is 20.2 Å². The number of halogens is 1. The van der Waals surface area contributed by atoms with Crippen LogP contribution in [0.15, 0.2) is 0 Å². The normalized spacial score (nSPS) is 13.7. The number of aliphatic hydroxyl groups is 1. The summed E-state index contributed by atoms with van der Waals surface area (Å²) in [6.45, 7) is 6.32. The Labute approximate surface area is 126 Å². The van der Waals surface area contributed by atoms with Crippen molar-refractivity contribution in [2.24, 2.45) is 0 Å². The Morgan fingerprint density at radius 1 is 0.789 bits per heavy atom. The molecule has 0 bridgehead atoms. The number of hydrogen-bond acceptors (Lipinski definition) is 1. The van der Waals surface area contributed by atoms with Crippen molar-refractivity contribution in [2.45, 2.75) is 103 Å². The molecule has 0 fully saturated rings. The monoisotopic (exact) mass is 306 g/mol. The number of rotatable bonds is 13. The van der Waals surface area contributed by atoms with E-state index >= 15 is 0 Å². The molecular formula is C16H35ClOSi. The second-order valence-corrected chi connectivity index (χ2v) is 13.1. The molecule has 0 aromatic carbocycles. The second-order valence-electron chi connectivity index (χ2n) is 6.40. The van der Waals surface area contributed by atoms with Crippen molar-refractivity contribution < 1.29 is 5.11 Å². The molecule has 3 heteroatoms. The van der Waals surface area contributed by atoms with E-state index in [1.165, 1.54) is 64.2 Å². The molecule has 0 rings (SSSR count). The van der Waals surface area contributed by atoms with Gasteiger partial charge in [-0.15, -0.1) is 0 Å². The molecular weight excluding hydrogens is 272 g/mol. The van der Waals surface area contributed by atoms with Crippen LogP contribution < -0.4 is 0 Å². The third-order valence-electron chi connectivity index (χ3n) is 3.87. The molecule has 0 aliphatic heterocycles. The highest BCUT2D eigenvalue weighted by atomic mass is 35.6. The minimum atomic E-state index is -1.83. The fourth-order valence-electron chi connectivity index (χ4n) is 2.35. The third kappa shape index (κ3) is 13.2. The molecule has 19 heavy (non-hydrogen) atoms. The molecule has 0 saturated carbocycles. The van der Waals surface area contributed by atoms with Crippen molar-refractivity contribution in [3.05, 3.63) is 0 Å². The molecule has 0 aliphatic carbocycles. The molecule has 116 valence electrons. The zero-order valence-electron chi connectivity index (χ0n) is 13.4. The van der Waals surface area contributed by atoms with Gasteiger partial charge in [0.15, 0.2) is 7.38 Å². The second kappa shape index (κ2) is 12.2. The van der Waals surface area contributed by atoms with E-state index < -0.39 is 7.38 Å². The Kier molecular flexibility index (Phi) is 12.5. The van der Waals surface area contributed by atoms with Crippen LogP contribution in [0.25, 0.3) is 0 Å². The lowest BCUT2D eigenvalue weighted by Gasteiger charge is -2.20. The van der Waals surface area contributed by atoms with E-state index in [-0.39, 0.29) is 5.73 Å². The fourth-order valence-corrected chi connectivity index (χ4v) is 3.56. The number of aliphatic hydroxyl groups excluding tert-OH is 1. The summed E-state index contributed by atoms with van der Waals surface area (Å²) in [6.07, 6.45) is 15.8. The highest BCUT2D eigenvalue weighted by Gasteiger charge is 2.27. The maximum absolute atomic E-state index is 9.86. The van der Waals surface area contributed by atoms with Crippen LogP contribution in [0.3, 0.4) is 0 Å². The van der Waals surface area contributed by atoms with Crippen molar-refractivity contribution in [3.8, 4) is 0 Å². The molecule has 0 aliphatic rings. The fraction of sp³-hybridized carbons (Fsp3) is 1.00. The van der Waals surface area contributed by atoms with Gasteiger partial charge in [-0.3, -0.25) is 0 Å². The first-order chi connectivity index (χ1) is 8.98. The molecule has 0 spiro atoms. The summed E-state index contributed by atoms with van der Waals surface area (Å²) < 4.78 is 0. The Hall–Kier alpha value is 0.467. The standard InChI is InChI=1S/C16H35ClOSi/c1-4-5-6-7-8-9-10-11-12-13-14-15-16(18)19(2,3)17/h16,18H,4-15H2,1-3H3. The van der Waals surface area contributed by atoms with Crippen LogP contribution in [0.5, 0.6) is 0 Å². The average Bonchev–Trinajstić information content (AvgIpc) is 2.34. The summed E-state index contributed by atoms with van der Waals surface area (Å²) in [7, 11) is -1.83. The van der Waals surface area contributed by atoms with Gasteiger partial charge in [0, 0.05) is 0 Å². The lowest BCUT2D eigenvalue weighted by atomic mass is 10.1. The minimum Gasteiger partial charge on any atom is -0.395 e. The van der Waals surface area contributed by atoms with Crippen LogP contribution in [0, 0.1) is 0 Å². The van der Waals surface area contributed by atoms with Crippen LogP contribution in [-0.2, 0) is 0 Å². The summed E-state index contributed by atoms with van der Waals surface area (Å²) in [5.41, 5.74) is -0.229. The van der Waals surface area contributed by atoms with E-state index in [0.717, 1.165) is 12.8 Å². The van der Waals surface area contributed by atoms with Crippen molar-refractivity contribution >= 4 is 18.5 Å². The molecule has 1 nitrogen and oxygen atoms in total. The van der Waals surface area contributed by atoms with E-state index in [9.17, 15) is 5.11 Å². The van der Waals surface area contributed by atoms with E-state index in [1.54, 1.807) is 0 Å². The van der Waals surface area contributed by atoms with Crippen LogP contribution in [0.2, 0.25) is 13.1 Å². The smallest absolute Gasteiger partial charge is 0.179 e. The van der Waals surface area contributed by atoms with Gasteiger partial charge in [-0.05, 0) is 6.42 Å². The van der Waals surface area contributed by atoms with E-state index in [2.05, 4.69) is 6.92 Å². The van der Waals surface area contributed by atoms with Gasteiger partial charge < -0.3 is 5.11 Å². The van der Waals surface area contributed by atoms with Crippen LogP contribution in [0.4, 0.5) is 0 Å². The van der Waals surface area contributed by atoms with Crippen molar-refractivity contribution in [1.82, 2.24) is 0 Å². The van der Waals surface area contributed by atoms with Gasteiger partial charge in [0.05, 0.1) is 5.73 Å². The van der Waals surface area contributed by atoms with Gasteiger partial charge in [-0.25, -0.2) is 0 Å². The summed E-state index contributed by atoms with van der Waals surface area (Å²) in [6, 6.07) is 0. The van der Waals surface area contributed by atoms with Gasteiger partial charge in [0.2, 0.25) is 0 Å². The lowest BCUT2D eigenvalue weighted by molar-refractivity contribution is 0.231. The van der Waals surface area contributed by atoms with Crippen LogP contribution >= 0.6 is 11.1 Å². The molecule has 0 saturated heterocycles. The Morgan fingerprint density at radius 2 is 1.16 bits per heavy atom. The van der Waals surface area contributed by atoms with Crippen molar-refractivity contribution in [1.29, 1.82) is 0 Å². The molecule has 0 heterocycles. The van der Waals surface area contributed by atoms with Gasteiger partial charge >= 0.3 is 0 Å². The van der Waals surface area contributed by atoms with Gasteiger partial charge in [0.1, 0.15) is 0 Å². The molecule has 0 aromatic heterocycles. The Balaban J connectivity index is 3.15. The molecule has 1 atom stereocenters. The first-order valence-corrected chi connectivity index (χ1v) is 12.4. The zero-order chi connectivity index (χ0) is 14.6. The summed E-state index contributed by atoms with van der Waals surface area (Å²) >= 11 is 6.21. The van der Waals surface area contributed by atoms with Crippen LogP contribution in [-0.4, -0.2) is 18.2 Å². The zero-order valence-corrected chi connectivity index (χ0v) is 15.1. The quantitative estimate of drug-likeness (QED) is 0.250. The number of unbranched alkanes of at least 4 members (excludes halogenated alkanes) is 10. The highest BCUT2D eigenvalue weighted by molar-refractivity contribution is 7.19. The van der Waals surface area contributed by atoms with E-state index in [4.69, 9.17) is 11.1 Å². The van der Waals surface area contributed by atoms with Gasteiger partial charge in [-0.1, -0.05) is 90.6 Å². The molecule has 1 unspecified atom stereocenters. The highest BCUT2D eigenvalue weighted by Crippen LogP contribution is 2.19. The number of hydrogen-bond donors (Lipinski definition) is 1. The van der Waals surface area contributed by atoms with Crippen LogP contribution in [0.1, 0.15) is 84.0 Å². The Bertz CT molecular complexity index is 192. The van der Waals surface area contributed by atoms with E-state index in [1.807, 2.05) is 13.1 Å². The summed E-state index contributed by atoms with van der Waals surface area (Å²) in [5.74, 6) is 0. The largest absolute Gasteiger partial charge is 0.395 e. The first-order valence-electron chi connectivity index (χ1n) is 8.35. The first kappa shape index (κ1) is 19.5. The maximum atomic E-state index is 9.86. The molecule has 0 radical (unpaired) electrons.